The minimum absolute atomic E-state index is 0.103. The third kappa shape index (κ3) is 36.6. The average Bonchev–Trinajstić information content (AvgIpc) is 3.12. The highest BCUT2D eigenvalue weighted by Gasteiger charge is 2.15. The van der Waals surface area contributed by atoms with Gasteiger partial charge >= 0.3 is 11.9 Å². The van der Waals surface area contributed by atoms with E-state index in [2.05, 4.69) is 27.7 Å². The Morgan fingerprint density at radius 1 is 0.340 bits per heavy atom. The second kappa shape index (κ2) is 40.5. The first-order valence-electron chi connectivity index (χ1n) is 21.3. The van der Waals surface area contributed by atoms with Gasteiger partial charge in [0.15, 0.2) is 12.6 Å². The van der Waals surface area contributed by atoms with E-state index >= 15 is 0 Å². The molecule has 0 rings (SSSR count). The summed E-state index contributed by atoms with van der Waals surface area (Å²) in [5, 5.41) is 0. The quantitative estimate of drug-likeness (QED) is 0.0351. The molecule has 0 aromatic carbocycles. The Balaban J connectivity index is 4.39. The minimum Gasteiger partial charge on any atom is -0.460 e. The molecule has 0 heterocycles. The molecule has 8 heteroatoms. The van der Waals surface area contributed by atoms with Crippen molar-refractivity contribution in [2.75, 3.05) is 39.6 Å². The van der Waals surface area contributed by atoms with Crippen LogP contribution in [0.2, 0.25) is 0 Å². The predicted octanol–water partition coefficient (Wildman–Crippen LogP) is 11.8. The largest absolute Gasteiger partial charge is 0.460 e. The molecule has 0 amide bonds. The predicted molar refractivity (Wildman–Crippen MR) is 205 cm³/mol. The van der Waals surface area contributed by atoms with Gasteiger partial charge in [0.1, 0.15) is 13.2 Å². The molecule has 0 aliphatic carbocycles. The van der Waals surface area contributed by atoms with E-state index in [0.717, 1.165) is 51.4 Å². The maximum atomic E-state index is 12.5. The van der Waals surface area contributed by atoms with Gasteiger partial charge in [-0.05, 0) is 38.5 Å². The summed E-state index contributed by atoms with van der Waals surface area (Å²) in [5.41, 5.74) is 0. The number of unbranched alkanes of at least 4 members (excludes halogenated alkanes) is 21. The van der Waals surface area contributed by atoms with Crippen molar-refractivity contribution >= 4 is 11.9 Å². The first-order valence-corrected chi connectivity index (χ1v) is 21.3. The van der Waals surface area contributed by atoms with Gasteiger partial charge in [0.05, 0.1) is 0 Å². The maximum absolute atomic E-state index is 12.5. The number of carbonyl (C=O) groups is 2. The van der Waals surface area contributed by atoms with E-state index in [4.69, 9.17) is 28.4 Å². The van der Waals surface area contributed by atoms with Crippen molar-refractivity contribution in [1.29, 1.82) is 0 Å². The monoisotopic (exact) mass is 715 g/mol. The van der Waals surface area contributed by atoms with E-state index in [1.165, 1.54) is 103 Å². The summed E-state index contributed by atoms with van der Waals surface area (Å²) in [4.78, 5) is 25.0. The van der Waals surface area contributed by atoms with Gasteiger partial charge in [-0.15, -0.1) is 0 Å². The smallest absolute Gasteiger partial charge is 0.305 e. The lowest BCUT2D eigenvalue weighted by molar-refractivity contribution is -0.184. The zero-order chi connectivity index (χ0) is 36.6. The Kier molecular flexibility index (Phi) is 39.6. The molecule has 0 unspecified atom stereocenters. The summed E-state index contributed by atoms with van der Waals surface area (Å²) in [7, 11) is 0. The Morgan fingerprint density at radius 3 is 0.840 bits per heavy atom. The Hall–Kier alpha value is -1.22. The van der Waals surface area contributed by atoms with Crippen LogP contribution in [-0.4, -0.2) is 64.2 Å². The van der Waals surface area contributed by atoms with Gasteiger partial charge < -0.3 is 28.4 Å². The molecular formula is C42H82O8. The van der Waals surface area contributed by atoms with E-state index in [1.807, 2.05) is 0 Å². The second-order valence-electron chi connectivity index (χ2n) is 14.0. The molecule has 0 N–H and O–H groups in total. The maximum Gasteiger partial charge on any atom is 0.305 e. The topological polar surface area (TPSA) is 89.5 Å². The van der Waals surface area contributed by atoms with Crippen LogP contribution in [0, 0.1) is 0 Å². The molecule has 0 radical (unpaired) electrons. The molecule has 0 saturated heterocycles. The van der Waals surface area contributed by atoms with Gasteiger partial charge in [-0.2, -0.15) is 0 Å². The highest BCUT2D eigenvalue weighted by molar-refractivity contribution is 5.70. The number of esters is 2. The van der Waals surface area contributed by atoms with Gasteiger partial charge in [0.25, 0.3) is 0 Å². The summed E-state index contributed by atoms with van der Waals surface area (Å²) >= 11 is 0. The van der Waals surface area contributed by atoms with Crippen LogP contribution in [0.4, 0.5) is 0 Å². The van der Waals surface area contributed by atoms with Gasteiger partial charge in [-0.25, -0.2) is 0 Å². The average molecular weight is 715 g/mol. The lowest BCUT2D eigenvalue weighted by atomic mass is 10.1. The van der Waals surface area contributed by atoms with Crippen LogP contribution in [0.25, 0.3) is 0 Å². The van der Waals surface area contributed by atoms with E-state index in [9.17, 15) is 9.59 Å². The lowest BCUT2D eigenvalue weighted by Gasteiger charge is -2.19. The van der Waals surface area contributed by atoms with E-state index in [-0.39, 0.29) is 38.0 Å². The number of carbonyl (C=O) groups excluding carboxylic acids is 2. The molecule has 0 spiro atoms. The molecule has 50 heavy (non-hydrogen) atoms. The van der Waals surface area contributed by atoms with Crippen LogP contribution in [0.3, 0.4) is 0 Å². The summed E-state index contributed by atoms with van der Waals surface area (Å²) < 4.78 is 34.9. The van der Waals surface area contributed by atoms with Gasteiger partial charge in [-0.1, -0.05) is 156 Å². The summed E-state index contributed by atoms with van der Waals surface area (Å²) in [6, 6.07) is 0. The third-order valence-electron chi connectivity index (χ3n) is 8.98. The molecule has 0 aliphatic heterocycles. The Morgan fingerprint density at radius 2 is 0.580 bits per heavy atom. The fraction of sp³-hybridized carbons (Fsp3) is 0.952. The van der Waals surface area contributed by atoms with Gasteiger partial charge in [0.2, 0.25) is 0 Å². The molecule has 298 valence electrons. The summed E-state index contributed by atoms with van der Waals surface area (Å²) in [6.45, 7) is 11.6. The number of hydrogen-bond acceptors (Lipinski definition) is 8. The molecule has 0 atom stereocenters. The van der Waals surface area contributed by atoms with Crippen molar-refractivity contribution in [1.82, 2.24) is 0 Å². The van der Waals surface area contributed by atoms with Crippen molar-refractivity contribution in [2.45, 2.75) is 220 Å². The zero-order valence-corrected chi connectivity index (χ0v) is 33.5. The molecule has 0 aliphatic rings. The molecule has 0 fully saturated rings. The van der Waals surface area contributed by atoms with Crippen molar-refractivity contribution in [3.05, 3.63) is 0 Å². The van der Waals surface area contributed by atoms with E-state index < -0.39 is 12.6 Å². The number of hydrogen-bond donors (Lipinski definition) is 0. The first kappa shape index (κ1) is 48.8. The number of rotatable bonds is 41. The summed E-state index contributed by atoms with van der Waals surface area (Å²) in [5.74, 6) is -0.582. The van der Waals surface area contributed by atoms with Crippen molar-refractivity contribution in [2.24, 2.45) is 0 Å². The van der Waals surface area contributed by atoms with Crippen molar-refractivity contribution in [3.63, 3.8) is 0 Å². The minimum atomic E-state index is -0.528. The molecular weight excluding hydrogens is 632 g/mol. The van der Waals surface area contributed by atoms with Gasteiger partial charge in [0, 0.05) is 39.3 Å². The molecule has 0 aromatic rings. The first-order chi connectivity index (χ1) is 24.6. The third-order valence-corrected chi connectivity index (χ3v) is 8.98. The fourth-order valence-corrected chi connectivity index (χ4v) is 5.68. The van der Waals surface area contributed by atoms with Crippen LogP contribution in [0.1, 0.15) is 207 Å². The van der Waals surface area contributed by atoms with Crippen molar-refractivity contribution in [3.8, 4) is 0 Å². The molecule has 0 bridgehead atoms. The normalized spacial score (nSPS) is 11.6. The SMILES string of the molecule is CCCCCCCCOC(COC(=O)CCCCC(=O)OCC(OCCCCCCCC)OCCCCCCCC)OCCCCCCCC. The fourth-order valence-electron chi connectivity index (χ4n) is 5.68. The highest BCUT2D eigenvalue weighted by atomic mass is 16.7. The van der Waals surface area contributed by atoms with Crippen LogP contribution in [0.15, 0.2) is 0 Å². The van der Waals surface area contributed by atoms with Gasteiger partial charge in [-0.3, -0.25) is 9.59 Å². The lowest BCUT2D eigenvalue weighted by Crippen LogP contribution is -2.26. The standard InChI is InChI=1S/C42H82O8/c1-5-9-13-17-21-27-33-45-41(46-34-28-22-18-14-10-6-2)37-49-39(43)31-25-26-32-40(44)50-38-42(47-35-29-23-19-15-11-7-3)48-36-30-24-20-16-12-8-4/h41-42H,5-38H2,1-4H3. The number of ether oxygens (including phenoxy) is 6. The van der Waals surface area contributed by atoms with E-state index in [0.29, 0.717) is 39.3 Å². The van der Waals surface area contributed by atoms with E-state index in [1.54, 1.807) is 0 Å². The highest BCUT2D eigenvalue weighted by Crippen LogP contribution is 2.12. The van der Waals surface area contributed by atoms with Crippen molar-refractivity contribution < 1.29 is 38.0 Å². The molecule has 0 aromatic heterocycles. The Labute approximate surface area is 309 Å². The van der Waals surface area contributed by atoms with Crippen LogP contribution >= 0.6 is 0 Å². The van der Waals surface area contributed by atoms with Crippen LogP contribution in [0.5, 0.6) is 0 Å². The zero-order valence-electron chi connectivity index (χ0n) is 33.5. The second-order valence-corrected chi connectivity index (χ2v) is 14.0. The van der Waals surface area contributed by atoms with Crippen LogP contribution < -0.4 is 0 Å². The molecule has 0 saturated carbocycles. The van der Waals surface area contributed by atoms with Crippen LogP contribution in [-0.2, 0) is 38.0 Å². The summed E-state index contributed by atoms with van der Waals surface area (Å²) in [6.07, 6.45) is 29.2. The Bertz CT molecular complexity index is 609. The molecule has 8 nitrogen and oxygen atoms in total.